The van der Waals surface area contributed by atoms with E-state index in [2.05, 4.69) is 22.2 Å². The maximum atomic E-state index is 5.98. The second-order valence-corrected chi connectivity index (χ2v) is 4.70. The number of nitrogens with one attached hydrogen (secondary N) is 1. The molecule has 3 aromatic rings. The van der Waals surface area contributed by atoms with Crippen LogP contribution in [0.4, 0.5) is 0 Å². The molecule has 4 nitrogen and oxygen atoms in total. The van der Waals surface area contributed by atoms with Crippen molar-refractivity contribution < 1.29 is 4.74 Å². The van der Waals surface area contributed by atoms with Gasteiger partial charge in [0.1, 0.15) is 11.5 Å². The summed E-state index contributed by atoms with van der Waals surface area (Å²) in [4.78, 5) is 8.74. The van der Waals surface area contributed by atoms with Gasteiger partial charge in [-0.2, -0.15) is 0 Å². The first-order valence-corrected chi connectivity index (χ1v) is 7.04. The highest BCUT2D eigenvalue weighted by Gasteiger charge is 2.07. The van der Waals surface area contributed by atoms with Crippen molar-refractivity contribution in [2.75, 3.05) is 6.54 Å². The molecule has 0 saturated carbocycles. The molecule has 1 N–H and O–H groups in total. The van der Waals surface area contributed by atoms with Gasteiger partial charge < -0.3 is 10.1 Å². The molecule has 4 heteroatoms. The normalized spacial score (nSPS) is 10.7. The molecule has 0 bridgehead atoms. The van der Waals surface area contributed by atoms with Crippen LogP contribution in [0.5, 0.6) is 11.5 Å². The number of fused-ring (bicyclic) bond motifs is 1. The third-order valence-corrected chi connectivity index (χ3v) is 3.15. The second-order valence-electron chi connectivity index (χ2n) is 4.70. The highest BCUT2D eigenvalue weighted by molar-refractivity contribution is 5.85. The maximum absolute atomic E-state index is 5.98. The zero-order valence-corrected chi connectivity index (χ0v) is 11.9. The van der Waals surface area contributed by atoms with Gasteiger partial charge in [-0.3, -0.25) is 9.97 Å². The van der Waals surface area contributed by atoms with E-state index in [-0.39, 0.29) is 0 Å². The van der Waals surface area contributed by atoms with Gasteiger partial charge in [-0.25, -0.2) is 0 Å². The molecule has 0 aliphatic heterocycles. The number of aromatic nitrogens is 2. The molecule has 0 fully saturated rings. The quantitative estimate of drug-likeness (QED) is 0.776. The molecule has 0 spiro atoms. The molecule has 106 valence electrons. The van der Waals surface area contributed by atoms with Crippen molar-refractivity contribution in [1.29, 1.82) is 0 Å². The summed E-state index contributed by atoms with van der Waals surface area (Å²) in [7, 11) is 0. The first kappa shape index (κ1) is 13.5. The Bertz CT molecular complexity index is 728. The predicted molar refractivity (Wildman–Crippen MR) is 83.4 cm³/mol. The van der Waals surface area contributed by atoms with Crippen LogP contribution in [0, 0.1) is 0 Å². The van der Waals surface area contributed by atoms with Crippen LogP contribution in [0.1, 0.15) is 12.6 Å². The van der Waals surface area contributed by atoms with Crippen molar-refractivity contribution in [3.05, 3.63) is 60.6 Å². The fraction of sp³-hybridized carbons (Fsp3) is 0.176. The number of hydrogen-bond donors (Lipinski definition) is 1. The Morgan fingerprint density at radius 2 is 2.05 bits per heavy atom. The van der Waals surface area contributed by atoms with Crippen LogP contribution in [0.2, 0.25) is 0 Å². The van der Waals surface area contributed by atoms with E-state index < -0.39 is 0 Å². The fourth-order valence-electron chi connectivity index (χ4n) is 2.16. The molecule has 3 rings (SSSR count). The van der Waals surface area contributed by atoms with E-state index in [4.69, 9.17) is 4.74 Å². The number of benzene rings is 1. The van der Waals surface area contributed by atoms with Gasteiger partial charge in [0.25, 0.3) is 0 Å². The number of ether oxygens (including phenoxy) is 1. The van der Waals surface area contributed by atoms with Crippen LogP contribution in [0.25, 0.3) is 10.9 Å². The Balaban J connectivity index is 2.02. The molecule has 21 heavy (non-hydrogen) atoms. The summed E-state index contributed by atoms with van der Waals surface area (Å²) in [6.45, 7) is 3.71. The van der Waals surface area contributed by atoms with Crippen LogP contribution in [0.15, 0.2) is 54.9 Å². The summed E-state index contributed by atoms with van der Waals surface area (Å²) in [5.41, 5.74) is 1.90. The van der Waals surface area contributed by atoms with Crippen LogP contribution in [0.3, 0.4) is 0 Å². The van der Waals surface area contributed by atoms with Crippen molar-refractivity contribution >= 4 is 10.9 Å². The second kappa shape index (κ2) is 6.33. The van der Waals surface area contributed by atoms with E-state index in [0.717, 1.165) is 41.2 Å². The van der Waals surface area contributed by atoms with E-state index in [1.807, 2.05) is 42.5 Å². The molecule has 0 aliphatic carbocycles. The molecule has 2 aromatic heterocycles. The fourth-order valence-corrected chi connectivity index (χ4v) is 2.16. The van der Waals surface area contributed by atoms with E-state index >= 15 is 0 Å². The smallest absolute Gasteiger partial charge is 0.145 e. The lowest BCUT2D eigenvalue weighted by Crippen LogP contribution is -2.13. The van der Waals surface area contributed by atoms with Gasteiger partial charge >= 0.3 is 0 Å². The Labute approximate surface area is 123 Å². The van der Waals surface area contributed by atoms with E-state index in [1.165, 1.54) is 0 Å². The van der Waals surface area contributed by atoms with E-state index in [9.17, 15) is 0 Å². The summed E-state index contributed by atoms with van der Waals surface area (Å²) < 4.78 is 5.98. The van der Waals surface area contributed by atoms with Crippen LogP contribution in [-0.2, 0) is 6.54 Å². The molecule has 2 heterocycles. The van der Waals surface area contributed by atoms with Crippen molar-refractivity contribution in [2.24, 2.45) is 0 Å². The third-order valence-electron chi connectivity index (χ3n) is 3.15. The monoisotopic (exact) mass is 279 g/mol. The van der Waals surface area contributed by atoms with E-state index in [0.29, 0.717) is 0 Å². The van der Waals surface area contributed by atoms with Gasteiger partial charge in [0.05, 0.1) is 17.4 Å². The van der Waals surface area contributed by atoms with Gasteiger partial charge in [0, 0.05) is 24.2 Å². The summed E-state index contributed by atoms with van der Waals surface area (Å²) in [6, 6.07) is 13.7. The van der Waals surface area contributed by atoms with Gasteiger partial charge in [-0.1, -0.05) is 19.1 Å². The number of para-hydroxylation sites is 1. The molecule has 0 atom stereocenters. The molecule has 0 radical (unpaired) electrons. The molecule has 0 aliphatic rings. The molecular weight excluding hydrogens is 262 g/mol. The van der Waals surface area contributed by atoms with Crippen molar-refractivity contribution in [3.63, 3.8) is 0 Å². The van der Waals surface area contributed by atoms with Gasteiger partial charge in [-0.05, 0) is 30.8 Å². The highest BCUT2D eigenvalue weighted by Crippen LogP contribution is 2.29. The summed E-state index contributed by atoms with van der Waals surface area (Å²) in [5, 5.41) is 4.29. The minimum absolute atomic E-state index is 0.725. The lowest BCUT2D eigenvalue weighted by Gasteiger charge is -2.11. The number of rotatable bonds is 5. The molecule has 1 aromatic carbocycles. The predicted octanol–water partition coefficient (Wildman–Crippen LogP) is 3.53. The maximum Gasteiger partial charge on any atom is 0.145 e. The summed E-state index contributed by atoms with van der Waals surface area (Å²) in [6.07, 6.45) is 3.44. The molecule has 0 unspecified atom stereocenters. The minimum Gasteiger partial charge on any atom is -0.455 e. The number of pyridine rings is 2. The number of hydrogen-bond acceptors (Lipinski definition) is 4. The van der Waals surface area contributed by atoms with Crippen molar-refractivity contribution in [3.8, 4) is 11.5 Å². The lowest BCUT2D eigenvalue weighted by atomic mass is 10.2. The third kappa shape index (κ3) is 3.17. The molecular formula is C17H17N3O. The number of nitrogens with zero attached hydrogens (tertiary/aromatic N) is 2. The summed E-state index contributed by atoms with van der Waals surface area (Å²) in [5.74, 6) is 1.53. The topological polar surface area (TPSA) is 47.0 Å². The average molecular weight is 279 g/mol. The first-order chi connectivity index (χ1) is 10.4. The van der Waals surface area contributed by atoms with Gasteiger partial charge in [0.15, 0.2) is 0 Å². The van der Waals surface area contributed by atoms with Crippen LogP contribution >= 0.6 is 0 Å². The van der Waals surface area contributed by atoms with Gasteiger partial charge in [0.2, 0.25) is 0 Å². The van der Waals surface area contributed by atoms with Gasteiger partial charge in [-0.15, -0.1) is 0 Å². The molecule has 0 amide bonds. The van der Waals surface area contributed by atoms with Crippen LogP contribution in [-0.4, -0.2) is 16.5 Å². The Kier molecular flexibility index (Phi) is 4.07. The van der Waals surface area contributed by atoms with Crippen molar-refractivity contribution in [1.82, 2.24) is 15.3 Å². The standard InChI is InChI=1S/C17H17N3O/c1-2-18-11-13-10-17(21-14-6-5-9-19-12-14)15-7-3-4-8-16(15)20-13/h3-10,12,18H,2,11H2,1H3. The zero-order chi connectivity index (χ0) is 14.5. The minimum atomic E-state index is 0.725. The van der Waals surface area contributed by atoms with Crippen LogP contribution < -0.4 is 10.1 Å². The van der Waals surface area contributed by atoms with E-state index in [1.54, 1.807) is 12.4 Å². The highest BCUT2D eigenvalue weighted by atomic mass is 16.5. The Hall–Kier alpha value is -2.46. The SMILES string of the molecule is CCNCc1cc(Oc2cccnc2)c2ccccc2n1. The first-order valence-electron chi connectivity index (χ1n) is 7.04. The Morgan fingerprint density at radius 3 is 2.86 bits per heavy atom. The molecule has 0 saturated heterocycles. The lowest BCUT2D eigenvalue weighted by molar-refractivity contribution is 0.484. The largest absolute Gasteiger partial charge is 0.455 e. The van der Waals surface area contributed by atoms with Crippen molar-refractivity contribution in [2.45, 2.75) is 13.5 Å². The Morgan fingerprint density at radius 1 is 1.14 bits per heavy atom. The summed E-state index contributed by atoms with van der Waals surface area (Å²) >= 11 is 0. The zero-order valence-electron chi connectivity index (χ0n) is 11.9. The average Bonchev–Trinajstić information content (AvgIpc) is 2.54.